The quantitative estimate of drug-likeness (QED) is 0.152. The minimum Gasteiger partial charge on any atom is -0.298 e. The maximum atomic E-state index is 14.5. The Labute approximate surface area is 238 Å². The van der Waals surface area contributed by atoms with Crippen LogP contribution in [0.5, 0.6) is 0 Å². The maximum Gasteiger partial charge on any atom is 0.250 e. The van der Waals surface area contributed by atoms with E-state index in [1.165, 1.54) is 29.5 Å². The molecule has 1 saturated carbocycles. The lowest BCUT2D eigenvalue weighted by atomic mass is 9.73. The lowest BCUT2D eigenvalue weighted by Crippen LogP contribution is -2.15. The highest BCUT2D eigenvalue weighted by Gasteiger charge is 2.29. The second-order valence-corrected chi connectivity index (χ2v) is 10.9. The Kier molecular flexibility index (Phi) is 7.28. The molecule has 1 aliphatic rings. The summed E-state index contributed by atoms with van der Waals surface area (Å²) >= 11 is 7.97. The van der Waals surface area contributed by atoms with Crippen molar-refractivity contribution in [2.75, 3.05) is 5.32 Å². The predicted molar refractivity (Wildman–Crippen MR) is 157 cm³/mol. The number of nitrogens with zero attached hydrogens (tertiary/aromatic N) is 2. The highest BCUT2D eigenvalue weighted by atomic mass is 35.5. The molecule has 0 radical (unpaired) electrons. The van der Waals surface area contributed by atoms with Gasteiger partial charge in [0.25, 0.3) is 0 Å². The number of carbonyl (C=O) groups excluding carboxylic acids is 1. The van der Waals surface area contributed by atoms with Crippen molar-refractivity contribution in [2.24, 2.45) is 5.92 Å². The number of hydrogen-bond donors (Lipinski definition) is 2. The van der Waals surface area contributed by atoms with Crippen molar-refractivity contribution in [3.05, 3.63) is 117 Å². The van der Waals surface area contributed by atoms with E-state index < -0.39 is 11.8 Å². The molecule has 40 heavy (non-hydrogen) atoms. The van der Waals surface area contributed by atoms with Crippen LogP contribution in [0, 0.1) is 17.7 Å². The zero-order chi connectivity index (χ0) is 27.6. The van der Waals surface area contributed by atoms with Crippen LogP contribution in [-0.4, -0.2) is 21.1 Å². The highest BCUT2D eigenvalue weighted by molar-refractivity contribution is 7.13. The van der Waals surface area contributed by atoms with Crippen molar-refractivity contribution in [1.82, 2.24) is 15.2 Å². The van der Waals surface area contributed by atoms with Crippen LogP contribution in [0.4, 0.5) is 13.9 Å². The normalized spacial score (nSPS) is 14.4. The van der Waals surface area contributed by atoms with Crippen molar-refractivity contribution < 1.29 is 13.6 Å². The van der Waals surface area contributed by atoms with Crippen molar-refractivity contribution in [2.45, 2.75) is 19.3 Å². The van der Waals surface area contributed by atoms with Gasteiger partial charge in [0.05, 0.1) is 15.9 Å². The second-order valence-electron chi connectivity index (χ2n) is 9.59. The summed E-state index contributed by atoms with van der Waals surface area (Å²) in [5.41, 5.74) is 5.73. The molecule has 1 amide bonds. The van der Waals surface area contributed by atoms with Gasteiger partial charge in [-0.05, 0) is 82.5 Å². The fraction of sp³-hybridized carbons (Fsp3) is 0.129. The number of halogens is 3. The Morgan fingerprint density at radius 3 is 2.55 bits per heavy atom. The molecule has 0 atom stereocenters. The number of thiazole rings is 1. The molecule has 9 heteroatoms. The fourth-order valence-corrected chi connectivity index (χ4v) is 5.74. The lowest BCUT2D eigenvalue weighted by Gasteiger charge is -2.32. The van der Waals surface area contributed by atoms with E-state index >= 15 is 0 Å². The van der Waals surface area contributed by atoms with Gasteiger partial charge in [-0.2, -0.15) is 9.49 Å². The number of fused-ring (bicyclic) bond motifs is 1. The third-order valence-electron chi connectivity index (χ3n) is 7.09. The van der Waals surface area contributed by atoms with Gasteiger partial charge in [0.1, 0.15) is 5.82 Å². The standard InChI is InChI=1S/C31H23ClF2N4OS/c32-25-17-22(33)10-11-23(25)29(19-2-1-3-19)28(21-9-12-26-24(16-21)30(34)38-37-26)20-7-4-18(5-8-20)6-13-27(39)36-31-35-14-15-40-31/h4-17,19H,1-3H2,(H,37,38)(H,35,36,39)/b13-6+,29-28+. The number of amides is 1. The zero-order valence-electron chi connectivity index (χ0n) is 21.1. The Bertz CT molecular complexity index is 1760. The Morgan fingerprint density at radius 1 is 1.05 bits per heavy atom. The summed E-state index contributed by atoms with van der Waals surface area (Å²) in [6.45, 7) is 0. The van der Waals surface area contributed by atoms with Crippen LogP contribution in [0.25, 0.3) is 28.1 Å². The molecule has 1 fully saturated rings. The molecule has 2 heterocycles. The van der Waals surface area contributed by atoms with Crippen molar-refractivity contribution >= 4 is 62.1 Å². The van der Waals surface area contributed by atoms with Crippen molar-refractivity contribution in [3.63, 3.8) is 0 Å². The van der Waals surface area contributed by atoms with E-state index in [0.717, 1.165) is 52.7 Å². The molecule has 0 saturated heterocycles. The zero-order valence-corrected chi connectivity index (χ0v) is 22.7. The number of aromatic amines is 1. The summed E-state index contributed by atoms with van der Waals surface area (Å²) < 4.78 is 28.6. The van der Waals surface area contributed by atoms with Crippen LogP contribution in [0.15, 0.2) is 78.3 Å². The molecule has 0 spiro atoms. The van der Waals surface area contributed by atoms with E-state index in [4.69, 9.17) is 11.6 Å². The number of aromatic nitrogens is 3. The van der Waals surface area contributed by atoms with Crippen LogP contribution in [0.3, 0.4) is 0 Å². The SMILES string of the molecule is O=C(/C=C/c1ccc(/C(=C(\c2ccc(F)cc2Cl)C2CCC2)c2ccc3n[nH]c(F)c3c2)cc1)Nc1nccs1. The first-order chi connectivity index (χ1) is 19.5. The van der Waals surface area contributed by atoms with E-state index in [1.807, 2.05) is 30.3 Å². The van der Waals surface area contributed by atoms with Crippen LogP contribution in [-0.2, 0) is 4.79 Å². The first-order valence-electron chi connectivity index (χ1n) is 12.8. The van der Waals surface area contributed by atoms with Crippen molar-refractivity contribution in [1.29, 1.82) is 0 Å². The topological polar surface area (TPSA) is 70.7 Å². The van der Waals surface area contributed by atoms with Gasteiger partial charge in [-0.3, -0.25) is 15.2 Å². The average Bonchev–Trinajstić information content (AvgIpc) is 3.56. The molecular formula is C31H23ClF2N4OS. The summed E-state index contributed by atoms with van der Waals surface area (Å²) in [4.78, 5) is 16.3. The van der Waals surface area contributed by atoms with Crippen LogP contribution in [0.2, 0.25) is 5.02 Å². The smallest absolute Gasteiger partial charge is 0.250 e. The Morgan fingerprint density at radius 2 is 1.85 bits per heavy atom. The summed E-state index contributed by atoms with van der Waals surface area (Å²) in [6, 6.07) is 17.8. The number of carbonyl (C=O) groups is 1. The molecule has 5 nitrogen and oxygen atoms in total. The summed E-state index contributed by atoms with van der Waals surface area (Å²) in [5, 5.41) is 12.2. The largest absolute Gasteiger partial charge is 0.298 e. The molecule has 2 N–H and O–H groups in total. The molecule has 200 valence electrons. The van der Waals surface area contributed by atoms with E-state index in [2.05, 4.69) is 20.5 Å². The third kappa shape index (κ3) is 5.33. The van der Waals surface area contributed by atoms with Crippen LogP contribution < -0.4 is 5.32 Å². The second kappa shape index (κ2) is 11.2. The summed E-state index contributed by atoms with van der Waals surface area (Å²) in [6.07, 6.45) is 7.85. The third-order valence-corrected chi connectivity index (χ3v) is 8.09. The summed E-state index contributed by atoms with van der Waals surface area (Å²) in [7, 11) is 0. The fourth-order valence-electron chi connectivity index (χ4n) is 4.94. The molecule has 2 aromatic heterocycles. The molecule has 1 aliphatic carbocycles. The average molecular weight is 573 g/mol. The first-order valence-corrected chi connectivity index (χ1v) is 14.0. The number of anilines is 1. The Hall–Kier alpha value is -4.14. The maximum absolute atomic E-state index is 14.5. The molecule has 0 aliphatic heterocycles. The van der Waals surface area contributed by atoms with Gasteiger partial charge in [0.2, 0.25) is 11.9 Å². The van der Waals surface area contributed by atoms with Crippen LogP contribution in [0.1, 0.15) is 41.5 Å². The van der Waals surface area contributed by atoms with E-state index in [9.17, 15) is 13.6 Å². The molecular weight excluding hydrogens is 550 g/mol. The number of benzene rings is 3. The van der Waals surface area contributed by atoms with Gasteiger partial charge < -0.3 is 0 Å². The number of rotatable bonds is 7. The van der Waals surface area contributed by atoms with Gasteiger partial charge in [0, 0.05) is 17.7 Å². The first kappa shape index (κ1) is 26.1. The highest BCUT2D eigenvalue weighted by Crippen LogP contribution is 2.47. The lowest BCUT2D eigenvalue weighted by molar-refractivity contribution is -0.111. The minimum absolute atomic E-state index is 0.219. The monoisotopic (exact) mass is 572 g/mol. The number of allylic oxidation sites excluding steroid dienone is 1. The predicted octanol–water partition coefficient (Wildman–Crippen LogP) is 8.36. The number of nitrogens with one attached hydrogen (secondary N) is 2. The van der Waals surface area contributed by atoms with E-state index in [0.29, 0.717) is 21.1 Å². The Balaban J connectivity index is 1.45. The molecule has 0 bridgehead atoms. The van der Waals surface area contributed by atoms with Crippen molar-refractivity contribution in [3.8, 4) is 0 Å². The van der Waals surface area contributed by atoms with Gasteiger partial charge in [-0.1, -0.05) is 54.4 Å². The van der Waals surface area contributed by atoms with E-state index in [-0.39, 0.29) is 11.8 Å². The number of H-pyrrole nitrogens is 1. The van der Waals surface area contributed by atoms with Gasteiger partial charge >= 0.3 is 0 Å². The molecule has 0 unspecified atom stereocenters. The molecule has 3 aromatic carbocycles. The van der Waals surface area contributed by atoms with E-state index in [1.54, 1.807) is 35.9 Å². The van der Waals surface area contributed by atoms with Gasteiger partial charge in [-0.25, -0.2) is 9.37 Å². The van der Waals surface area contributed by atoms with Gasteiger partial charge in [0.15, 0.2) is 5.13 Å². The minimum atomic E-state index is -0.502. The number of hydrogen-bond acceptors (Lipinski definition) is 4. The molecule has 6 rings (SSSR count). The van der Waals surface area contributed by atoms with Crippen LogP contribution >= 0.6 is 22.9 Å². The summed E-state index contributed by atoms with van der Waals surface area (Å²) in [5.74, 6) is -0.955. The van der Waals surface area contributed by atoms with Gasteiger partial charge in [-0.15, -0.1) is 11.3 Å². The molecule has 5 aromatic rings.